The van der Waals surface area contributed by atoms with E-state index in [-0.39, 0.29) is 46.5 Å². The molecule has 0 unspecified atom stereocenters. The van der Waals surface area contributed by atoms with Gasteiger partial charge in [0.05, 0.1) is 16.8 Å². The van der Waals surface area contributed by atoms with E-state index in [0.29, 0.717) is 24.3 Å². The first-order chi connectivity index (χ1) is 16.7. The number of hydrogen-bond donors (Lipinski definition) is 5. The molecule has 1 aliphatic carbocycles. The van der Waals surface area contributed by atoms with Crippen molar-refractivity contribution in [1.82, 2.24) is 9.88 Å². The molecule has 3 aromatic rings. The number of carboxylic acid groups (broad SMARTS) is 2. The molecular formula is C24H25ClFN3O7. The molecule has 1 saturated carbocycles. The van der Waals surface area contributed by atoms with Crippen LogP contribution in [0, 0.1) is 5.82 Å². The number of piperazine rings is 1. The molecule has 36 heavy (non-hydrogen) atoms. The number of aromatic hydroxyl groups is 2. The highest BCUT2D eigenvalue weighted by Crippen LogP contribution is 2.38. The van der Waals surface area contributed by atoms with E-state index in [1.54, 1.807) is 6.07 Å². The Labute approximate surface area is 210 Å². The van der Waals surface area contributed by atoms with E-state index in [1.165, 1.54) is 12.3 Å². The summed E-state index contributed by atoms with van der Waals surface area (Å²) in [5.74, 6) is -3.46. The summed E-state index contributed by atoms with van der Waals surface area (Å²) in [5.41, 5.74) is 0.0229. The first-order valence-corrected chi connectivity index (χ1v) is 11.0. The van der Waals surface area contributed by atoms with Gasteiger partial charge in [-0.25, -0.2) is 14.0 Å². The highest BCUT2D eigenvalue weighted by molar-refractivity contribution is 5.93. The molecule has 10 nitrogen and oxygen atoms in total. The van der Waals surface area contributed by atoms with E-state index in [2.05, 4.69) is 5.32 Å². The Balaban J connectivity index is 0.000000256. The molecule has 0 amide bonds. The number of nitrogens with zero attached hydrogens (tertiary/aromatic N) is 2. The van der Waals surface area contributed by atoms with Crippen molar-refractivity contribution in [3.05, 3.63) is 63.7 Å². The maximum atomic E-state index is 14.6. The van der Waals surface area contributed by atoms with E-state index in [0.717, 1.165) is 44.1 Å². The molecule has 5 N–H and O–H groups in total. The molecular weight excluding hydrogens is 497 g/mol. The number of phenols is 2. The van der Waals surface area contributed by atoms with Gasteiger partial charge in [-0.2, -0.15) is 0 Å². The van der Waals surface area contributed by atoms with Gasteiger partial charge >= 0.3 is 11.9 Å². The summed E-state index contributed by atoms with van der Waals surface area (Å²) in [6, 6.07) is 6.26. The Morgan fingerprint density at radius 3 is 2.08 bits per heavy atom. The topological polar surface area (TPSA) is 152 Å². The van der Waals surface area contributed by atoms with Crippen LogP contribution in [-0.2, 0) is 0 Å². The molecule has 12 heteroatoms. The van der Waals surface area contributed by atoms with E-state index in [1.807, 2.05) is 9.47 Å². The lowest BCUT2D eigenvalue weighted by atomic mass is 10.1. The number of anilines is 1. The van der Waals surface area contributed by atoms with Crippen molar-refractivity contribution in [2.75, 3.05) is 31.1 Å². The van der Waals surface area contributed by atoms with Crippen molar-refractivity contribution in [3.63, 3.8) is 0 Å². The summed E-state index contributed by atoms with van der Waals surface area (Å²) in [7, 11) is 0. The summed E-state index contributed by atoms with van der Waals surface area (Å²) in [6.07, 6.45) is 3.29. The molecule has 0 atom stereocenters. The summed E-state index contributed by atoms with van der Waals surface area (Å²) >= 11 is 0. The maximum absolute atomic E-state index is 14.6. The monoisotopic (exact) mass is 521 g/mol. The minimum Gasteiger partial charge on any atom is -0.508 e. The van der Waals surface area contributed by atoms with Crippen molar-refractivity contribution in [3.8, 4) is 11.5 Å². The number of rotatable bonds is 4. The third-order valence-corrected chi connectivity index (χ3v) is 5.88. The minimum atomic E-state index is -1.28. The van der Waals surface area contributed by atoms with Gasteiger partial charge < -0.3 is 35.2 Å². The van der Waals surface area contributed by atoms with Crippen LogP contribution in [0.15, 0.2) is 41.3 Å². The first kappa shape index (κ1) is 26.8. The predicted molar refractivity (Wildman–Crippen MR) is 132 cm³/mol. The van der Waals surface area contributed by atoms with E-state index in [4.69, 9.17) is 15.3 Å². The Kier molecular flexibility index (Phi) is 8.06. The number of aromatic carboxylic acids is 2. The van der Waals surface area contributed by atoms with Crippen molar-refractivity contribution >= 4 is 40.9 Å². The van der Waals surface area contributed by atoms with Gasteiger partial charge in [0.25, 0.3) is 0 Å². The summed E-state index contributed by atoms with van der Waals surface area (Å²) < 4.78 is 16.4. The second-order valence-corrected chi connectivity index (χ2v) is 8.42. The van der Waals surface area contributed by atoms with E-state index >= 15 is 0 Å². The minimum absolute atomic E-state index is 0. The fourth-order valence-corrected chi connectivity index (χ4v) is 4.03. The summed E-state index contributed by atoms with van der Waals surface area (Å²) in [6.45, 7) is 2.96. The van der Waals surface area contributed by atoms with E-state index in [9.17, 15) is 23.9 Å². The van der Waals surface area contributed by atoms with Crippen LogP contribution in [0.5, 0.6) is 11.5 Å². The zero-order valence-electron chi connectivity index (χ0n) is 19.0. The van der Waals surface area contributed by atoms with Crippen LogP contribution in [0.25, 0.3) is 10.9 Å². The van der Waals surface area contributed by atoms with Gasteiger partial charge in [-0.3, -0.25) is 4.79 Å². The molecule has 1 saturated heterocycles. The average Bonchev–Trinajstić information content (AvgIpc) is 3.65. The maximum Gasteiger partial charge on any atom is 0.341 e. The predicted octanol–water partition coefficient (Wildman–Crippen LogP) is 2.80. The fourth-order valence-electron chi connectivity index (χ4n) is 4.03. The molecule has 0 radical (unpaired) electrons. The second-order valence-electron chi connectivity index (χ2n) is 8.42. The number of carbonyl (C=O) groups is 2. The number of carboxylic acids is 2. The van der Waals surface area contributed by atoms with Gasteiger partial charge in [0.15, 0.2) is 0 Å². The van der Waals surface area contributed by atoms with Gasteiger partial charge in [-0.1, -0.05) is 0 Å². The highest BCUT2D eigenvalue weighted by atomic mass is 35.5. The normalized spacial score (nSPS) is 15.0. The van der Waals surface area contributed by atoms with Crippen molar-refractivity contribution < 1.29 is 34.4 Å². The smallest absolute Gasteiger partial charge is 0.341 e. The lowest BCUT2D eigenvalue weighted by Crippen LogP contribution is -2.43. The van der Waals surface area contributed by atoms with Crippen molar-refractivity contribution in [2.45, 2.75) is 18.9 Å². The number of fused-ring (bicyclic) bond motifs is 1. The number of benzene rings is 2. The van der Waals surface area contributed by atoms with Gasteiger partial charge in [0.2, 0.25) is 5.43 Å². The van der Waals surface area contributed by atoms with Crippen LogP contribution < -0.4 is 15.6 Å². The van der Waals surface area contributed by atoms with Gasteiger partial charge in [0, 0.05) is 49.9 Å². The molecule has 2 heterocycles. The van der Waals surface area contributed by atoms with Crippen molar-refractivity contribution in [1.29, 1.82) is 0 Å². The molecule has 2 aliphatic rings. The second kappa shape index (κ2) is 10.8. The van der Waals surface area contributed by atoms with Crippen LogP contribution in [0.4, 0.5) is 10.1 Å². The van der Waals surface area contributed by atoms with Crippen LogP contribution in [-0.4, -0.2) is 63.1 Å². The number of nitrogens with one attached hydrogen (secondary N) is 1. The zero-order chi connectivity index (χ0) is 25.3. The standard InChI is InChI=1S/C17H18FN3O3.C7H6O4.ClH/c18-13-7-11-14(8-15(13)20-5-3-19-4-6-20)21(10-1-2-10)9-12(16(11)22)17(23)24;8-5-1-4(7(10)11)2-6(9)3-5;/h7-10,19H,1-6H2,(H,23,24);1-3,8-9H,(H,10,11);1H. The van der Waals surface area contributed by atoms with Gasteiger partial charge in [-0.05, 0) is 37.1 Å². The zero-order valence-corrected chi connectivity index (χ0v) is 19.8. The third-order valence-electron chi connectivity index (χ3n) is 5.88. The Bertz CT molecular complexity index is 1350. The molecule has 0 bridgehead atoms. The SMILES string of the molecule is Cl.O=C(O)c1cc(O)cc(O)c1.O=C(O)c1cn(C2CC2)c2cc(N3CCNCC3)c(F)cc2c1=O. The van der Waals surface area contributed by atoms with Crippen LogP contribution in [0.1, 0.15) is 39.6 Å². The van der Waals surface area contributed by atoms with E-state index < -0.39 is 23.2 Å². The molecule has 192 valence electrons. The molecule has 0 spiro atoms. The van der Waals surface area contributed by atoms with Gasteiger partial charge in [0.1, 0.15) is 22.9 Å². The largest absolute Gasteiger partial charge is 0.508 e. The molecule has 5 rings (SSSR count). The number of halogens is 2. The summed E-state index contributed by atoms with van der Waals surface area (Å²) in [5, 5.41) is 38.7. The highest BCUT2D eigenvalue weighted by Gasteiger charge is 2.28. The molecule has 2 aromatic carbocycles. The third kappa shape index (κ3) is 5.69. The van der Waals surface area contributed by atoms with Crippen LogP contribution in [0.2, 0.25) is 0 Å². The summed E-state index contributed by atoms with van der Waals surface area (Å²) in [4.78, 5) is 36.0. The average molecular weight is 522 g/mol. The Morgan fingerprint density at radius 1 is 0.944 bits per heavy atom. The van der Waals surface area contributed by atoms with Crippen LogP contribution in [0.3, 0.4) is 0 Å². The quantitative estimate of drug-likeness (QED) is 0.349. The first-order valence-electron chi connectivity index (χ1n) is 11.0. The van der Waals surface area contributed by atoms with Gasteiger partial charge in [-0.15, -0.1) is 12.4 Å². The Hall–Kier alpha value is -3.83. The molecule has 1 aliphatic heterocycles. The lowest BCUT2D eigenvalue weighted by Gasteiger charge is -2.30. The fraction of sp³-hybridized carbons (Fsp3) is 0.292. The Morgan fingerprint density at radius 2 is 1.56 bits per heavy atom. The molecule has 2 fully saturated rings. The number of phenolic OH excluding ortho intramolecular Hbond substituents is 2. The lowest BCUT2D eigenvalue weighted by molar-refractivity contribution is 0.0684. The van der Waals surface area contributed by atoms with Crippen molar-refractivity contribution in [2.24, 2.45) is 0 Å². The number of hydrogen-bond acceptors (Lipinski definition) is 7. The number of aromatic nitrogens is 1. The van der Waals surface area contributed by atoms with Crippen LogP contribution >= 0.6 is 12.4 Å². The number of pyridine rings is 1. The molecule has 1 aromatic heterocycles.